The summed E-state index contributed by atoms with van der Waals surface area (Å²) in [5, 5.41) is 5.82. The molecule has 1 heterocycles. The van der Waals surface area contributed by atoms with E-state index in [1.165, 1.54) is 5.01 Å². The largest absolute Gasteiger partial charge is 0.487 e. The Hall–Kier alpha value is -2.18. The van der Waals surface area contributed by atoms with Crippen molar-refractivity contribution >= 4 is 55.2 Å². The SMILES string of the molecule is C=CCOc1c(Br)cc(/C=C2\C(=O)N(c3ccccc3)N=C2C)cc1Br. The fraction of sp³-hybridized carbons (Fsp3) is 0.100. The highest BCUT2D eigenvalue weighted by Crippen LogP contribution is 2.36. The van der Waals surface area contributed by atoms with Crippen molar-refractivity contribution in [2.45, 2.75) is 6.92 Å². The number of amides is 1. The van der Waals surface area contributed by atoms with Gasteiger partial charge in [0.1, 0.15) is 12.4 Å². The Labute approximate surface area is 169 Å². The highest BCUT2D eigenvalue weighted by Gasteiger charge is 2.28. The van der Waals surface area contributed by atoms with Crippen molar-refractivity contribution in [3.05, 3.63) is 75.2 Å². The van der Waals surface area contributed by atoms with Crippen LogP contribution in [0.3, 0.4) is 0 Å². The summed E-state index contributed by atoms with van der Waals surface area (Å²) in [4.78, 5) is 12.8. The molecule has 1 aliphatic rings. The fourth-order valence-corrected chi connectivity index (χ4v) is 3.99. The summed E-state index contributed by atoms with van der Waals surface area (Å²) in [6.07, 6.45) is 3.51. The molecule has 1 aliphatic heterocycles. The van der Waals surface area contributed by atoms with Crippen molar-refractivity contribution in [3.63, 3.8) is 0 Å². The normalized spacial score (nSPS) is 15.3. The van der Waals surface area contributed by atoms with Crippen molar-refractivity contribution < 1.29 is 9.53 Å². The van der Waals surface area contributed by atoms with Crippen LogP contribution >= 0.6 is 31.9 Å². The van der Waals surface area contributed by atoms with E-state index in [1.807, 2.05) is 55.5 Å². The summed E-state index contributed by atoms with van der Waals surface area (Å²) in [5.41, 5.74) is 2.85. The molecular weight excluding hydrogens is 460 g/mol. The summed E-state index contributed by atoms with van der Waals surface area (Å²) >= 11 is 7.02. The minimum absolute atomic E-state index is 0.145. The van der Waals surface area contributed by atoms with Crippen LogP contribution in [0.1, 0.15) is 12.5 Å². The number of halogens is 2. The van der Waals surface area contributed by atoms with Crippen LogP contribution < -0.4 is 9.75 Å². The number of nitrogens with zero attached hydrogens (tertiary/aromatic N) is 2. The lowest BCUT2D eigenvalue weighted by atomic mass is 10.1. The first kappa shape index (κ1) is 18.6. The highest BCUT2D eigenvalue weighted by molar-refractivity contribution is 9.11. The van der Waals surface area contributed by atoms with Crippen LogP contribution in [0, 0.1) is 0 Å². The van der Waals surface area contributed by atoms with Gasteiger partial charge in [0.05, 0.1) is 25.9 Å². The van der Waals surface area contributed by atoms with Gasteiger partial charge in [0.2, 0.25) is 0 Å². The maximum absolute atomic E-state index is 12.8. The van der Waals surface area contributed by atoms with E-state index >= 15 is 0 Å². The standard InChI is InChI=1S/C20H16Br2N2O2/c1-3-9-26-19-17(21)11-14(12-18(19)22)10-16-13(2)23-24(20(16)25)15-7-5-4-6-8-15/h3-8,10-12H,1,9H2,2H3/b16-10-. The molecule has 0 N–H and O–H groups in total. The predicted octanol–water partition coefficient (Wildman–Crippen LogP) is 5.58. The van der Waals surface area contributed by atoms with Crippen LogP contribution in [0.4, 0.5) is 5.69 Å². The zero-order valence-electron chi connectivity index (χ0n) is 14.1. The Balaban J connectivity index is 1.92. The maximum Gasteiger partial charge on any atom is 0.280 e. The molecule has 0 bridgehead atoms. The van der Waals surface area contributed by atoms with Crippen LogP contribution in [0.2, 0.25) is 0 Å². The number of hydrogen-bond acceptors (Lipinski definition) is 3. The van der Waals surface area contributed by atoms with E-state index in [4.69, 9.17) is 4.74 Å². The second kappa shape index (κ2) is 8.01. The van der Waals surface area contributed by atoms with Gasteiger partial charge >= 0.3 is 0 Å². The smallest absolute Gasteiger partial charge is 0.280 e. The predicted molar refractivity (Wildman–Crippen MR) is 113 cm³/mol. The Morgan fingerprint density at radius 2 is 1.85 bits per heavy atom. The monoisotopic (exact) mass is 474 g/mol. The van der Waals surface area contributed by atoms with Gasteiger partial charge in [-0.2, -0.15) is 10.1 Å². The summed E-state index contributed by atoms with van der Waals surface area (Å²) in [6, 6.07) is 13.2. The number of hydrazone groups is 1. The number of carbonyl (C=O) groups is 1. The van der Waals surface area contributed by atoms with Gasteiger partial charge in [0, 0.05) is 0 Å². The first-order valence-corrected chi connectivity index (χ1v) is 9.49. The molecule has 132 valence electrons. The number of carbonyl (C=O) groups excluding carboxylic acids is 1. The van der Waals surface area contributed by atoms with Crippen LogP contribution in [0.25, 0.3) is 6.08 Å². The molecule has 4 nitrogen and oxygen atoms in total. The van der Waals surface area contributed by atoms with Gasteiger partial charge < -0.3 is 4.74 Å². The Bertz CT molecular complexity index is 898. The third-order valence-corrected chi connectivity index (χ3v) is 4.92. The number of anilines is 1. The first-order chi connectivity index (χ1) is 12.5. The van der Waals surface area contributed by atoms with E-state index in [-0.39, 0.29) is 5.91 Å². The van der Waals surface area contributed by atoms with Gasteiger partial charge in [-0.15, -0.1) is 0 Å². The van der Waals surface area contributed by atoms with Crippen LogP contribution in [-0.4, -0.2) is 18.2 Å². The summed E-state index contributed by atoms with van der Waals surface area (Å²) in [7, 11) is 0. The van der Waals surface area contributed by atoms with Crippen LogP contribution in [-0.2, 0) is 4.79 Å². The fourth-order valence-electron chi connectivity index (χ4n) is 2.54. The average Bonchev–Trinajstić information content (AvgIpc) is 2.90. The number of benzene rings is 2. The molecule has 0 saturated carbocycles. The molecule has 26 heavy (non-hydrogen) atoms. The molecule has 6 heteroatoms. The van der Waals surface area contributed by atoms with E-state index in [0.717, 1.165) is 20.2 Å². The minimum atomic E-state index is -0.145. The molecule has 0 unspecified atom stereocenters. The lowest BCUT2D eigenvalue weighted by Gasteiger charge is -2.11. The highest BCUT2D eigenvalue weighted by atomic mass is 79.9. The number of hydrogen-bond donors (Lipinski definition) is 0. The van der Waals surface area contributed by atoms with Gasteiger partial charge in [-0.05, 0) is 74.7 Å². The number of para-hydroxylation sites is 1. The molecule has 0 saturated heterocycles. The average molecular weight is 476 g/mol. The molecule has 2 aromatic rings. The second-order valence-electron chi connectivity index (χ2n) is 5.61. The first-order valence-electron chi connectivity index (χ1n) is 7.90. The molecule has 0 radical (unpaired) electrons. The van der Waals surface area contributed by atoms with Crippen molar-refractivity contribution in [3.8, 4) is 5.75 Å². The third-order valence-electron chi connectivity index (χ3n) is 3.74. The Morgan fingerprint density at radius 1 is 1.19 bits per heavy atom. The molecule has 0 atom stereocenters. The van der Waals surface area contributed by atoms with Crippen molar-refractivity contribution in [1.29, 1.82) is 0 Å². The van der Waals surface area contributed by atoms with Gasteiger partial charge in [-0.25, -0.2) is 0 Å². The van der Waals surface area contributed by atoms with Crippen molar-refractivity contribution in [1.82, 2.24) is 0 Å². The van der Waals surface area contributed by atoms with E-state index < -0.39 is 0 Å². The molecule has 0 aliphatic carbocycles. The van der Waals surface area contributed by atoms with Gasteiger partial charge in [-0.1, -0.05) is 30.9 Å². The number of ether oxygens (including phenoxy) is 1. The van der Waals surface area contributed by atoms with Crippen molar-refractivity contribution in [2.75, 3.05) is 11.6 Å². The number of rotatable bonds is 5. The van der Waals surface area contributed by atoms with E-state index in [2.05, 4.69) is 43.5 Å². The van der Waals surface area contributed by atoms with Crippen molar-refractivity contribution in [2.24, 2.45) is 5.10 Å². The molecular formula is C20H16Br2N2O2. The molecule has 0 spiro atoms. The minimum Gasteiger partial charge on any atom is -0.487 e. The Kier molecular flexibility index (Phi) is 5.74. The quantitative estimate of drug-likeness (QED) is 0.418. The molecule has 1 amide bonds. The van der Waals surface area contributed by atoms with Gasteiger partial charge in [0.25, 0.3) is 5.91 Å². The third kappa shape index (κ3) is 3.81. The summed E-state index contributed by atoms with van der Waals surface area (Å²) < 4.78 is 7.21. The summed E-state index contributed by atoms with van der Waals surface area (Å²) in [6.45, 7) is 5.89. The maximum atomic E-state index is 12.8. The lowest BCUT2D eigenvalue weighted by Crippen LogP contribution is -2.21. The lowest BCUT2D eigenvalue weighted by molar-refractivity contribution is -0.114. The second-order valence-corrected chi connectivity index (χ2v) is 7.32. The van der Waals surface area contributed by atoms with Gasteiger partial charge in [0.15, 0.2) is 0 Å². The van der Waals surface area contributed by atoms with Crippen LogP contribution in [0.15, 0.2) is 74.7 Å². The zero-order valence-corrected chi connectivity index (χ0v) is 17.2. The topological polar surface area (TPSA) is 41.9 Å². The van der Waals surface area contributed by atoms with E-state index in [0.29, 0.717) is 23.6 Å². The zero-order chi connectivity index (χ0) is 18.7. The van der Waals surface area contributed by atoms with E-state index in [9.17, 15) is 4.79 Å². The molecule has 0 fully saturated rings. The summed E-state index contributed by atoms with van der Waals surface area (Å²) in [5.74, 6) is 0.550. The molecule has 2 aromatic carbocycles. The van der Waals surface area contributed by atoms with E-state index in [1.54, 1.807) is 6.08 Å². The van der Waals surface area contributed by atoms with Crippen LogP contribution in [0.5, 0.6) is 5.75 Å². The Morgan fingerprint density at radius 3 is 2.46 bits per heavy atom. The molecule has 3 rings (SSSR count). The van der Waals surface area contributed by atoms with Gasteiger partial charge in [-0.3, -0.25) is 4.79 Å². The molecule has 0 aromatic heterocycles.